The molecule has 0 aliphatic carbocycles. The second-order valence-corrected chi connectivity index (χ2v) is 5.62. The molecule has 0 radical (unpaired) electrons. The number of fused-ring (bicyclic) bond motifs is 1. The second-order valence-electron chi connectivity index (χ2n) is 5.62. The number of pyridine rings is 2. The third-order valence-electron chi connectivity index (χ3n) is 3.66. The first kappa shape index (κ1) is 16.6. The predicted molar refractivity (Wildman–Crippen MR) is 94.2 cm³/mol. The van der Waals surface area contributed by atoms with Gasteiger partial charge in [-0.05, 0) is 25.1 Å². The maximum atomic E-state index is 13.2. The normalized spacial score (nSPS) is 10.7. The first-order valence-electron chi connectivity index (χ1n) is 7.95. The Labute approximate surface area is 152 Å². The van der Waals surface area contributed by atoms with Crippen LogP contribution < -0.4 is 10.1 Å². The Balaban J connectivity index is 1.67. The highest BCUT2D eigenvalue weighted by atomic mass is 19.1. The molecular weight excluding hydrogens is 351 g/mol. The number of imidazole rings is 1. The van der Waals surface area contributed by atoms with Gasteiger partial charge in [0.1, 0.15) is 23.0 Å². The van der Waals surface area contributed by atoms with Crippen molar-refractivity contribution in [2.24, 2.45) is 0 Å². The number of ether oxygens (including phenoxy) is 1. The van der Waals surface area contributed by atoms with Crippen LogP contribution in [0, 0.1) is 12.9 Å². The van der Waals surface area contributed by atoms with Gasteiger partial charge in [0.15, 0.2) is 5.75 Å². The average molecular weight is 364 g/mol. The van der Waals surface area contributed by atoms with Crippen LogP contribution in [-0.4, -0.2) is 30.2 Å². The minimum absolute atomic E-state index is 0.1000. The number of aryl methyl sites for hydroxylation is 1. The van der Waals surface area contributed by atoms with Crippen LogP contribution in [-0.2, 0) is 0 Å². The van der Waals surface area contributed by atoms with E-state index in [1.165, 1.54) is 36.7 Å². The number of nitrogens with zero attached hydrogens (tertiary/aromatic N) is 5. The molecule has 8 nitrogen and oxygen atoms in total. The van der Waals surface area contributed by atoms with E-state index in [1.54, 1.807) is 29.9 Å². The van der Waals surface area contributed by atoms with Crippen molar-refractivity contribution in [2.75, 3.05) is 5.32 Å². The number of halogens is 1. The van der Waals surface area contributed by atoms with Crippen molar-refractivity contribution in [3.05, 3.63) is 72.6 Å². The Morgan fingerprint density at radius 2 is 2.00 bits per heavy atom. The Kier molecular flexibility index (Phi) is 4.17. The summed E-state index contributed by atoms with van der Waals surface area (Å²) in [6.07, 6.45) is 8.00. The highest BCUT2D eigenvalue weighted by molar-refractivity contribution is 6.08. The lowest BCUT2D eigenvalue weighted by atomic mass is 10.2. The molecule has 1 N–H and O–H groups in total. The van der Waals surface area contributed by atoms with E-state index in [2.05, 4.69) is 25.3 Å². The van der Waals surface area contributed by atoms with Crippen molar-refractivity contribution in [1.29, 1.82) is 0 Å². The molecule has 4 rings (SSSR count). The highest BCUT2D eigenvalue weighted by Gasteiger charge is 2.15. The summed E-state index contributed by atoms with van der Waals surface area (Å²) in [4.78, 5) is 28.6. The molecule has 0 saturated heterocycles. The van der Waals surface area contributed by atoms with Crippen molar-refractivity contribution < 1.29 is 13.9 Å². The molecule has 4 aromatic rings. The van der Waals surface area contributed by atoms with Gasteiger partial charge in [-0.2, -0.15) is 4.39 Å². The van der Waals surface area contributed by atoms with Gasteiger partial charge in [-0.3, -0.25) is 4.79 Å². The molecule has 0 aliphatic rings. The minimum atomic E-state index is -0.685. The summed E-state index contributed by atoms with van der Waals surface area (Å²) in [6.45, 7) is 1.77. The van der Waals surface area contributed by atoms with Gasteiger partial charge in [-0.25, -0.2) is 19.9 Å². The molecule has 0 aromatic carbocycles. The topological polar surface area (TPSA) is 94.3 Å². The van der Waals surface area contributed by atoms with Crippen LogP contribution in [0.15, 0.2) is 55.2 Å². The number of aromatic nitrogens is 5. The summed E-state index contributed by atoms with van der Waals surface area (Å²) in [7, 11) is 0. The monoisotopic (exact) mass is 364 g/mol. The Morgan fingerprint density at radius 3 is 2.78 bits per heavy atom. The summed E-state index contributed by atoms with van der Waals surface area (Å²) in [5, 5.41) is 2.56. The van der Waals surface area contributed by atoms with E-state index in [4.69, 9.17) is 4.74 Å². The van der Waals surface area contributed by atoms with Gasteiger partial charge in [0.25, 0.3) is 5.91 Å². The number of nitrogens with one attached hydrogen (secondary N) is 1. The summed E-state index contributed by atoms with van der Waals surface area (Å²) in [6, 6.07) is 5.69. The van der Waals surface area contributed by atoms with Gasteiger partial charge >= 0.3 is 0 Å². The van der Waals surface area contributed by atoms with Crippen LogP contribution in [0.3, 0.4) is 0 Å². The minimum Gasteiger partial charge on any atom is -0.453 e. The second kappa shape index (κ2) is 6.79. The molecule has 4 aromatic heterocycles. The number of anilines is 1. The van der Waals surface area contributed by atoms with Crippen molar-refractivity contribution >= 4 is 17.4 Å². The van der Waals surface area contributed by atoms with E-state index in [0.29, 0.717) is 23.0 Å². The van der Waals surface area contributed by atoms with E-state index in [9.17, 15) is 9.18 Å². The number of amides is 1. The molecule has 4 heterocycles. The standard InChI is InChI=1S/C18H13FN6O2/c1-11-21-8-13(9-22-11)27-12-7-14(17-20-5-6-25(17)10-12)18(26)24-16-4-2-3-15(19)23-16/h2-10H,1H3,(H,23,24,26). The number of hydrogen-bond acceptors (Lipinski definition) is 6. The quantitative estimate of drug-likeness (QED) is 0.560. The molecule has 0 saturated carbocycles. The summed E-state index contributed by atoms with van der Waals surface area (Å²) >= 11 is 0. The summed E-state index contributed by atoms with van der Waals surface area (Å²) in [5.41, 5.74) is 0.674. The first-order valence-corrected chi connectivity index (χ1v) is 7.95. The fourth-order valence-electron chi connectivity index (χ4n) is 2.46. The van der Waals surface area contributed by atoms with E-state index in [0.717, 1.165) is 0 Å². The fraction of sp³-hybridized carbons (Fsp3) is 0.0556. The van der Waals surface area contributed by atoms with Crippen molar-refractivity contribution in [3.8, 4) is 11.5 Å². The van der Waals surface area contributed by atoms with E-state index in [-0.39, 0.29) is 11.4 Å². The molecule has 0 aliphatic heterocycles. The van der Waals surface area contributed by atoms with E-state index >= 15 is 0 Å². The molecule has 0 atom stereocenters. The fourth-order valence-corrected chi connectivity index (χ4v) is 2.46. The highest BCUT2D eigenvalue weighted by Crippen LogP contribution is 2.24. The SMILES string of the molecule is Cc1ncc(Oc2cc(C(=O)Nc3cccc(F)n3)c3nccn3c2)cn1. The van der Waals surface area contributed by atoms with E-state index in [1.807, 2.05) is 0 Å². The van der Waals surface area contributed by atoms with Gasteiger partial charge in [0, 0.05) is 12.4 Å². The van der Waals surface area contributed by atoms with Gasteiger partial charge in [-0.1, -0.05) is 6.07 Å². The Bertz CT molecular complexity index is 1130. The molecule has 0 spiro atoms. The number of carbonyl (C=O) groups excluding carboxylic acids is 1. The van der Waals surface area contributed by atoms with Gasteiger partial charge in [0.05, 0.1) is 24.2 Å². The van der Waals surface area contributed by atoms with Crippen LogP contribution in [0.25, 0.3) is 5.65 Å². The lowest BCUT2D eigenvalue weighted by Gasteiger charge is -2.10. The molecular formula is C18H13FN6O2. The van der Waals surface area contributed by atoms with Crippen molar-refractivity contribution in [3.63, 3.8) is 0 Å². The zero-order valence-corrected chi connectivity index (χ0v) is 14.1. The van der Waals surface area contributed by atoms with E-state index < -0.39 is 11.9 Å². The molecule has 1 amide bonds. The lowest BCUT2D eigenvalue weighted by Crippen LogP contribution is -2.15. The zero-order chi connectivity index (χ0) is 18.8. The van der Waals surface area contributed by atoms with Crippen LogP contribution in [0.4, 0.5) is 10.2 Å². The van der Waals surface area contributed by atoms with Crippen LogP contribution >= 0.6 is 0 Å². The van der Waals surface area contributed by atoms with Crippen LogP contribution in [0.5, 0.6) is 11.5 Å². The summed E-state index contributed by atoms with van der Waals surface area (Å²) < 4.78 is 20.6. The smallest absolute Gasteiger partial charge is 0.260 e. The first-order chi connectivity index (χ1) is 13.1. The molecule has 0 unspecified atom stereocenters. The maximum Gasteiger partial charge on any atom is 0.260 e. The Hall–Kier alpha value is -3.88. The average Bonchev–Trinajstić information content (AvgIpc) is 3.11. The third-order valence-corrected chi connectivity index (χ3v) is 3.66. The molecule has 0 bridgehead atoms. The number of hydrogen-bond donors (Lipinski definition) is 1. The lowest BCUT2D eigenvalue weighted by molar-refractivity contribution is 0.102. The third kappa shape index (κ3) is 3.56. The van der Waals surface area contributed by atoms with Gasteiger partial charge in [0.2, 0.25) is 5.95 Å². The van der Waals surface area contributed by atoms with Crippen molar-refractivity contribution in [2.45, 2.75) is 6.92 Å². The zero-order valence-electron chi connectivity index (χ0n) is 14.1. The molecule has 0 fully saturated rings. The molecule has 134 valence electrons. The van der Waals surface area contributed by atoms with Gasteiger partial charge in [-0.15, -0.1) is 0 Å². The van der Waals surface area contributed by atoms with Gasteiger partial charge < -0.3 is 14.5 Å². The maximum absolute atomic E-state index is 13.2. The van der Waals surface area contributed by atoms with Crippen molar-refractivity contribution in [1.82, 2.24) is 24.3 Å². The van der Waals surface area contributed by atoms with Crippen LogP contribution in [0.2, 0.25) is 0 Å². The number of carbonyl (C=O) groups is 1. The Morgan fingerprint density at radius 1 is 1.19 bits per heavy atom. The molecule has 9 heteroatoms. The predicted octanol–water partition coefficient (Wildman–Crippen LogP) is 3.01. The number of rotatable bonds is 4. The van der Waals surface area contributed by atoms with Crippen LogP contribution in [0.1, 0.15) is 16.2 Å². The summed E-state index contributed by atoms with van der Waals surface area (Å²) in [5.74, 6) is 0.367. The molecule has 27 heavy (non-hydrogen) atoms. The largest absolute Gasteiger partial charge is 0.453 e.